The van der Waals surface area contributed by atoms with E-state index in [1.807, 2.05) is 30.5 Å². The Morgan fingerprint density at radius 1 is 0.351 bits per heavy atom. The van der Waals surface area contributed by atoms with Crippen LogP contribution in [0.15, 0.2) is 188 Å². The number of hydrogen-bond acceptors (Lipinski definition) is 2. The average molecular weight is 731 g/mol. The fourth-order valence-corrected chi connectivity index (χ4v) is 9.08. The van der Waals surface area contributed by atoms with E-state index in [9.17, 15) is 4.39 Å². The molecule has 3 heterocycles. The highest BCUT2D eigenvalue weighted by Crippen LogP contribution is 2.40. The molecule has 0 saturated heterocycles. The van der Waals surface area contributed by atoms with Gasteiger partial charge in [-0.25, -0.2) is 14.4 Å². The topological polar surface area (TPSA) is 35.6 Å². The van der Waals surface area contributed by atoms with Gasteiger partial charge in [0, 0.05) is 39.0 Å². The van der Waals surface area contributed by atoms with Crippen LogP contribution in [0.4, 0.5) is 4.39 Å². The number of hydrogen-bond donors (Lipinski definition) is 0. The van der Waals surface area contributed by atoms with Gasteiger partial charge < -0.3 is 4.57 Å². The van der Waals surface area contributed by atoms with Gasteiger partial charge in [0.25, 0.3) is 0 Å². The molecule has 0 radical (unpaired) electrons. The van der Waals surface area contributed by atoms with Crippen molar-refractivity contribution in [3.63, 3.8) is 0 Å². The number of rotatable bonds is 4. The van der Waals surface area contributed by atoms with Crippen LogP contribution in [-0.2, 0) is 0 Å². The first-order chi connectivity index (χ1) is 28.2. The standard InChI is InChI=1S/C52H31FN4/c53-35-21-23-40-39-22-18-34(30-43(39)37-12-4-5-13-38(37)44(40)31-35)47-26-27-54-52(55-47)57-49-17-9-7-15-42(49)46-29-33(20-25-51(46)57)32-19-24-50-45(28-32)41-14-6-8-16-48(41)56(50)36-10-2-1-3-11-36/h1-31H. The molecule has 0 aliphatic carbocycles. The Morgan fingerprint density at radius 3 is 1.53 bits per heavy atom. The zero-order valence-corrected chi connectivity index (χ0v) is 30.6. The van der Waals surface area contributed by atoms with Gasteiger partial charge in [0.15, 0.2) is 0 Å². The molecular weight excluding hydrogens is 700 g/mol. The second-order valence-electron chi connectivity index (χ2n) is 14.7. The molecule has 0 atom stereocenters. The first-order valence-electron chi connectivity index (χ1n) is 19.2. The summed E-state index contributed by atoms with van der Waals surface area (Å²) in [4.78, 5) is 10.1. The van der Waals surface area contributed by atoms with Gasteiger partial charge in [-0.05, 0) is 116 Å². The maximum Gasteiger partial charge on any atom is 0.235 e. The Hall–Kier alpha value is -7.63. The molecule has 0 saturated carbocycles. The predicted octanol–water partition coefficient (Wildman–Crippen LogP) is 13.6. The number of fused-ring (bicyclic) bond motifs is 12. The van der Waals surface area contributed by atoms with Gasteiger partial charge in [0.1, 0.15) is 5.82 Å². The van der Waals surface area contributed by atoms with Gasteiger partial charge in [-0.3, -0.25) is 4.57 Å². The molecule has 0 fully saturated rings. The minimum atomic E-state index is -0.233. The highest BCUT2D eigenvalue weighted by Gasteiger charge is 2.18. The molecule has 5 heteroatoms. The molecule has 0 N–H and O–H groups in total. The summed E-state index contributed by atoms with van der Waals surface area (Å²) in [6.07, 6.45) is 1.85. The van der Waals surface area contributed by atoms with E-state index in [0.717, 1.165) is 82.2 Å². The number of para-hydroxylation sites is 3. The molecule has 0 bridgehead atoms. The minimum Gasteiger partial charge on any atom is -0.309 e. The van der Waals surface area contributed by atoms with Crippen LogP contribution in [0.3, 0.4) is 0 Å². The van der Waals surface area contributed by atoms with Gasteiger partial charge in [-0.15, -0.1) is 0 Å². The molecule has 4 nitrogen and oxygen atoms in total. The molecule has 0 unspecified atom stereocenters. The summed E-state index contributed by atoms with van der Waals surface area (Å²) in [5.74, 6) is 0.379. The maximum absolute atomic E-state index is 14.4. The molecule has 0 aliphatic heterocycles. The van der Waals surface area contributed by atoms with E-state index < -0.39 is 0 Å². The monoisotopic (exact) mass is 730 g/mol. The highest BCUT2D eigenvalue weighted by atomic mass is 19.1. The lowest BCUT2D eigenvalue weighted by Gasteiger charge is -2.12. The molecule has 0 aliphatic rings. The zero-order chi connectivity index (χ0) is 37.6. The molecule has 3 aromatic heterocycles. The fourth-order valence-electron chi connectivity index (χ4n) is 9.08. The van der Waals surface area contributed by atoms with Crippen molar-refractivity contribution in [3.05, 3.63) is 194 Å². The van der Waals surface area contributed by atoms with Crippen molar-refractivity contribution < 1.29 is 4.39 Å². The van der Waals surface area contributed by atoms with Crippen molar-refractivity contribution in [3.8, 4) is 34.0 Å². The zero-order valence-electron chi connectivity index (χ0n) is 30.6. The summed E-state index contributed by atoms with van der Waals surface area (Å²) in [6, 6.07) is 63.0. The molecule has 12 aromatic rings. The van der Waals surface area contributed by atoms with E-state index in [0.29, 0.717) is 5.95 Å². The third-order valence-corrected chi connectivity index (χ3v) is 11.6. The Bertz CT molecular complexity index is 3580. The summed E-state index contributed by atoms with van der Waals surface area (Å²) in [5, 5.41) is 11.0. The van der Waals surface area contributed by atoms with E-state index in [1.54, 1.807) is 12.1 Å². The van der Waals surface area contributed by atoms with Gasteiger partial charge in [-0.1, -0.05) is 109 Å². The van der Waals surface area contributed by atoms with Crippen LogP contribution in [-0.4, -0.2) is 19.1 Å². The van der Waals surface area contributed by atoms with E-state index in [-0.39, 0.29) is 5.82 Å². The second kappa shape index (κ2) is 12.2. The number of aromatic nitrogens is 4. The lowest BCUT2D eigenvalue weighted by molar-refractivity contribution is 0.630. The van der Waals surface area contributed by atoms with Crippen LogP contribution < -0.4 is 0 Å². The van der Waals surface area contributed by atoms with Crippen molar-refractivity contribution in [1.82, 2.24) is 19.1 Å². The number of nitrogens with zero attached hydrogens (tertiary/aromatic N) is 4. The molecule has 12 rings (SSSR count). The van der Waals surface area contributed by atoms with Gasteiger partial charge in [0.2, 0.25) is 5.95 Å². The van der Waals surface area contributed by atoms with Crippen molar-refractivity contribution in [2.45, 2.75) is 0 Å². The Balaban J connectivity index is 0.998. The van der Waals surface area contributed by atoms with E-state index >= 15 is 0 Å². The van der Waals surface area contributed by atoms with Crippen LogP contribution in [0.5, 0.6) is 0 Å². The molecule has 0 amide bonds. The fraction of sp³-hybridized carbons (Fsp3) is 0. The first-order valence-corrected chi connectivity index (χ1v) is 19.2. The molecular formula is C52H31FN4. The average Bonchev–Trinajstić information content (AvgIpc) is 3.79. The summed E-state index contributed by atoms with van der Waals surface area (Å²) in [5.41, 5.74) is 9.75. The number of halogens is 1. The molecule has 266 valence electrons. The summed E-state index contributed by atoms with van der Waals surface area (Å²) >= 11 is 0. The van der Waals surface area contributed by atoms with Crippen LogP contribution in [0.1, 0.15) is 0 Å². The first kappa shape index (κ1) is 31.7. The van der Waals surface area contributed by atoms with Gasteiger partial charge in [-0.2, -0.15) is 0 Å². The van der Waals surface area contributed by atoms with Gasteiger partial charge >= 0.3 is 0 Å². The quantitative estimate of drug-likeness (QED) is 0.169. The highest BCUT2D eigenvalue weighted by molar-refractivity contribution is 6.25. The van der Waals surface area contributed by atoms with Crippen LogP contribution in [0.25, 0.3) is 110 Å². The summed E-state index contributed by atoms with van der Waals surface area (Å²) < 4.78 is 19.0. The van der Waals surface area contributed by atoms with Crippen molar-refractivity contribution in [2.24, 2.45) is 0 Å². The number of benzene rings is 9. The Morgan fingerprint density at radius 2 is 0.842 bits per heavy atom. The van der Waals surface area contributed by atoms with E-state index in [4.69, 9.17) is 9.97 Å². The SMILES string of the molecule is Fc1ccc2c3ccc(-c4ccnc(-n5c6ccccc6c6cc(-c7ccc8c(c7)c7ccccc7n8-c7ccccc7)ccc65)n4)cc3c3ccccc3c2c1. The third-order valence-electron chi connectivity index (χ3n) is 11.6. The maximum atomic E-state index is 14.4. The van der Waals surface area contributed by atoms with Crippen LogP contribution in [0, 0.1) is 5.82 Å². The summed E-state index contributed by atoms with van der Waals surface area (Å²) in [6.45, 7) is 0. The second-order valence-corrected chi connectivity index (χ2v) is 14.7. The van der Waals surface area contributed by atoms with E-state index in [1.165, 1.54) is 21.8 Å². The summed E-state index contributed by atoms with van der Waals surface area (Å²) in [7, 11) is 0. The smallest absolute Gasteiger partial charge is 0.235 e. The Kier molecular flexibility index (Phi) is 6.78. The van der Waals surface area contributed by atoms with Crippen LogP contribution in [0.2, 0.25) is 0 Å². The van der Waals surface area contributed by atoms with Crippen molar-refractivity contribution in [1.29, 1.82) is 0 Å². The minimum absolute atomic E-state index is 0.233. The molecule has 9 aromatic carbocycles. The normalized spacial score (nSPS) is 11.9. The Labute approximate surface area is 326 Å². The van der Waals surface area contributed by atoms with Crippen molar-refractivity contribution >= 4 is 75.9 Å². The third kappa shape index (κ3) is 4.79. The molecule has 57 heavy (non-hydrogen) atoms. The predicted molar refractivity (Wildman–Crippen MR) is 234 cm³/mol. The lowest BCUT2D eigenvalue weighted by atomic mass is 9.93. The van der Waals surface area contributed by atoms with Crippen LogP contribution >= 0.6 is 0 Å². The van der Waals surface area contributed by atoms with E-state index in [2.05, 4.69) is 155 Å². The largest absolute Gasteiger partial charge is 0.309 e. The molecule has 0 spiro atoms. The van der Waals surface area contributed by atoms with Crippen molar-refractivity contribution in [2.75, 3.05) is 0 Å². The van der Waals surface area contributed by atoms with Gasteiger partial charge in [0.05, 0.1) is 27.8 Å². The lowest BCUT2D eigenvalue weighted by Crippen LogP contribution is -2.01.